The van der Waals surface area contributed by atoms with Crippen LogP contribution in [0.1, 0.15) is 18.4 Å². The van der Waals surface area contributed by atoms with Crippen molar-refractivity contribution in [3.05, 3.63) is 29.8 Å². The molecule has 0 saturated carbocycles. The Labute approximate surface area is 128 Å². The fourth-order valence-electron chi connectivity index (χ4n) is 2.54. The Kier molecular flexibility index (Phi) is 5.35. The lowest BCUT2D eigenvalue weighted by Gasteiger charge is -2.34. The molecule has 1 amide bonds. The van der Waals surface area contributed by atoms with Crippen molar-refractivity contribution in [3.63, 3.8) is 0 Å². The number of nitrogens with one attached hydrogen (secondary N) is 2. The zero-order chi connectivity index (χ0) is 16.1. The quantitative estimate of drug-likeness (QED) is 0.615. The summed E-state index contributed by atoms with van der Waals surface area (Å²) in [6.07, 6.45) is 1.58. The molecular weight excluding hydrogens is 286 g/mol. The Morgan fingerprint density at radius 2 is 2.27 bits per heavy atom. The highest BCUT2D eigenvalue weighted by Crippen LogP contribution is 2.14. The molecule has 1 aliphatic rings. The molecule has 0 aromatic heterocycles. The van der Waals surface area contributed by atoms with E-state index in [0.29, 0.717) is 25.8 Å². The summed E-state index contributed by atoms with van der Waals surface area (Å²) in [6, 6.07) is 5.53. The molecule has 0 bridgehead atoms. The highest BCUT2D eigenvalue weighted by molar-refractivity contribution is 5.83. The Morgan fingerprint density at radius 1 is 1.50 bits per heavy atom. The van der Waals surface area contributed by atoms with Crippen LogP contribution in [0.25, 0.3) is 0 Å². The van der Waals surface area contributed by atoms with Crippen molar-refractivity contribution in [1.82, 2.24) is 15.8 Å². The number of carboxylic acids is 1. The molecule has 1 aromatic carbocycles. The van der Waals surface area contributed by atoms with E-state index in [9.17, 15) is 14.7 Å². The first-order valence-electron chi connectivity index (χ1n) is 7.27. The van der Waals surface area contributed by atoms with Gasteiger partial charge in [-0.05, 0) is 44.0 Å². The molecule has 120 valence electrons. The first-order valence-corrected chi connectivity index (χ1v) is 7.27. The third kappa shape index (κ3) is 3.96. The minimum absolute atomic E-state index is 0.154. The smallest absolute Gasteiger partial charge is 0.322 e. The summed E-state index contributed by atoms with van der Waals surface area (Å²) in [5.74, 6) is -0.995. The number of aromatic hydroxyl groups is 1. The molecule has 7 heteroatoms. The van der Waals surface area contributed by atoms with Gasteiger partial charge in [0.15, 0.2) is 0 Å². The Bertz CT molecular complexity index is 549. The van der Waals surface area contributed by atoms with Crippen molar-refractivity contribution in [3.8, 4) is 5.75 Å². The van der Waals surface area contributed by atoms with Gasteiger partial charge >= 0.3 is 5.97 Å². The van der Waals surface area contributed by atoms with Crippen molar-refractivity contribution in [2.24, 2.45) is 0 Å². The van der Waals surface area contributed by atoms with Crippen molar-refractivity contribution in [1.29, 1.82) is 0 Å². The third-order valence-corrected chi connectivity index (χ3v) is 3.75. The Balaban J connectivity index is 2.03. The van der Waals surface area contributed by atoms with Gasteiger partial charge in [-0.15, -0.1) is 0 Å². The number of carbonyl (C=O) groups excluding carboxylic acids is 1. The van der Waals surface area contributed by atoms with E-state index >= 15 is 0 Å². The minimum atomic E-state index is -0.952. The van der Waals surface area contributed by atoms with Gasteiger partial charge in [-0.3, -0.25) is 14.6 Å². The highest BCUT2D eigenvalue weighted by atomic mass is 16.4. The monoisotopic (exact) mass is 307 g/mol. The second-order valence-corrected chi connectivity index (χ2v) is 5.37. The van der Waals surface area contributed by atoms with Crippen LogP contribution in [0.5, 0.6) is 5.75 Å². The van der Waals surface area contributed by atoms with E-state index in [0.717, 1.165) is 5.56 Å². The lowest BCUT2D eigenvalue weighted by molar-refractivity contribution is -0.147. The van der Waals surface area contributed by atoms with Crippen molar-refractivity contribution < 1.29 is 19.8 Å². The van der Waals surface area contributed by atoms with Gasteiger partial charge < -0.3 is 15.5 Å². The second kappa shape index (κ2) is 7.24. The van der Waals surface area contributed by atoms with Crippen LogP contribution in [-0.4, -0.2) is 52.8 Å². The lowest BCUT2D eigenvalue weighted by Crippen LogP contribution is -2.59. The molecule has 0 radical (unpaired) electrons. The number of phenolic OH excluding ortho intramolecular Hbond substituents is 1. The molecule has 22 heavy (non-hydrogen) atoms. The van der Waals surface area contributed by atoms with Crippen molar-refractivity contribution >= 4 is 11.9 Å². The molecule has 2 atom stereocenters. The summed E-state index contributed by atoms with van der Waals surface area (Å²) in [5.41, 5.74) is 3.59. The fourth-order valence-corrected chi connectivity index (χ4v) is 2.54. The number of likely N-dealkylation sites (N-methyl/N-ethyl adjacent to an activating group) is 1. The summed E-state index contributed by atoms with van der Waals surface area (Å²) in [7, 11) is 1.68. The van der Waals surface area contributed by atoms with E-state index in [4.69, 9.17) is 5.11 Å². The lowest BCUT2D eigenvalue weighted by atomic mass is 10.0. The van der Waals surface area contributed by atoms with Gasteiger partial charge in [0.25, 0.3) is 5.91 Å². The number of hydrogen-bond acceptors (Lipinski definition) is 5. The van der Waals surface area contributed by atoms with Gasteiger partial charge in [-0.25, -0.2) is 5.43 Å². The summed E-state index contributed by atoms with van der Waals surface area (Å²) in [4.78, 5) is 23.6. The number of benzene rings is 1. The average Bonchev–Trinajstić information content (AvgIpc) is 2.52. The Hall–Kier alpha value is -2.12. The molecule has 2 unspecified atom stereocenters. The summed E-state index contributed by atoms with van der Waals surface area (Å²) in [6.45, 7) is 0.487. The van der Waals surface area contributed by atoms with Gasteiger partial charge in [0.2, 0.25) is 0 Å². The summed E-state index contributed by atoms with van der Waals surface area (Å²) in [5, 5.41) is 22.9. The van der Waals surface area contributed by atoms with Crippen LogP contribution >= 0.6 is 0 Å². The van der Waals surface area contributed by atoms with Crippen molar-refractivity contribution in [2.75, 3.05) is 13.6 Å². The zero-order valence-corrected chi connectivity index (χ0v) is 12.5. The molecule has 1 fully saturated rings. The number of nitrogens with zero attached hydrogens (tertiary/aromatic N) is 1. The standard InChI is InChI=1S/C15H21N3O4/c1-16-13(9-10-4-2-5-11(19)8-10)14(20)18-7-3-6-12(17-18)15(21)22/h2,4-5,8,12-13,16-17,19H,3,6-7,9H2,1H3,(H,21,22). The molecule has 0 spiro atoms. The van der Waals surface area contributed by atoms with E-state index in [2.05, 4.69) is 10.7 Å². The van der Waals surface area contributed by atoms with E-state index in [1.807, 2.05) is 6.07 Å². The van der Waals surface area contributed by atoms with E-state index in [-0.39, 0.29) is 11.7 Å². The van der Waals surface area contributed by atoms with Crippen LogP contribution in [0, 0.1) is 0 Å². The van der Waals surface area contributed by atoms with E-state index in [1.54, 1.807) is 25.2 Å². The van der Waals surface area contributed by atoms with Crippen LogP contribution in [0.4, 0.5) is 0 Å². The number of hydrogen-bond donors (Lipinski definition) is 4. The van der Waals surface area contributed by atoms with Crippen LogP contribution in [0.2, 0.25) is 0 Å². The number of carboxylic acid groups (broad SMARTS) is 1. The van der Waals surface area contributed by atoms with Gasteiger partial charge in [0.1, 0.15) is 11.8 Å². The number of rotatable bonds is 5. The second-order valence-electron chi connectivity index (χ2n) is 5.37. The molecule has 1 heterocycles. The number of aliphatic carboxylic acids is 1. The highest BCUT2D eigenvalue weighted by Gasteiger charge is 2.30. The van der Waals surface area contributed by atoms with E-state index < -0.39 is 18.1 Å². The zero-order valence-electron chi connectivity index (χ0n) is 12.5. The first kappa shape index (κ1) is 16.3. The van der Waals surface area contributed by atoms with Gasteiger partial charge in [-0.2, -0.15) is 0 Å². The maximum atomic E-state index is 12.5. The van der Waals surface area contributed by atoms with Crippen LogP contribution < -0.4 is 10.7 Å². The normalized spacial score (nSPS) is 19.7. The average molecular weight is 307 g/mol. The maximum absolute atomic E-state index is 12.5. The topological polar surface area (TPSA) is 102 Å². The molecule has 0 aliphatic carbocycles. The third-order valence-electron chi connectivity index (χ3n) is 3.75. The molecule has 2 rings (SSSR count). The predicted molar refractivity (Wildman–Crippen MR) is 80.2 cm³/mol. The molecule has 1 aromatic rings. The molecule has 1 saturated heterocycles. The largest absolute Gasteiger partial charge is 0.508 e. The maximum Gasteiger partial charge on any atom is 0.322 e. The fraction of sp³-hybridized carbons (Fsp3) is 0.467. The van der Waals surface area contributed by atoms with Crippen molar-refractivity contribution in [2.45, 2.75) is 31.3 Å². The number of phenols is 1. The van der Waals surface area contributed by atoms with Gasteiger partial charge in [-0.1, -0.05) is 12.1 Å². The molecule has 7 nitrogen and oxygen atoms in total. The van der Waals surface area contributed by atoms with Crippen LogP contribution in [-0.2, 0) is 16.0 Å². The molecular formula is C15H21N3O4. The summed E-state index contributed by atoms with van der Waals surface area (Å²) >= 11 is 0. The van der Waals surface area contributed by atoms with Crippen LogP contribution in [0.15, 0.2) is 24.3 Å². The minimum Gasteiger partial charge on any atom is -0.508 e. The van der Waals surface area contributed by atoms with Crippen LogP contribution in [0.3, 0.4) is 0 Å². The molecule has 4 N–H and O–H groups in total. The van der Waals surface area contributed by atoms with Gasteiger partial charge in [0.05, 0.1) is 6.04 Å². The number of carbonyl (C=O) groups is 2. The Morgan fingerprint density at radius 3 is 2.91 bits per heavy atom. The SMILES string of the molecule is CNC(Cc1cccc(O)c1)C(=O)N1CCCC(C(=O)O)N1. The molecule has 1 aliphatic heterocycles. The van der Waals surface area contributed by atoms with Gasteiger partial charge in [0, 0.05) is 6.54 Å². The number of hydrazine groups is 1. The summed E-state index contributed by atoms with van der Waals surface area (Å²) < 4.78 is 0. The first-order chi connectivity index (χ1) is 10.5. The number of amides is 1. The van der Waals surface area contributed by atoms with E-state index in [1.165, 1.54) is 5.01 Å². The predicted octanol–water partition coefficient (Wildman–Crippen LogP) is 0.103.